The van der Waals surface area contributed by atoms with Gasteiger partial charge < -0.3 is 10.6 Å². The van der Waals surface area contributed by atoms with Gasteiger partial charge in [-0.1, -0.05) is 6.07 Å². The largest absolute Gasteiger partial charge is 0.397 e. The minimum Gasteiger partial charge on any atom is -0.397 e. The molecule has 1 fully saturated rings. The van der Waals surface area contributed by atoms with Crippen LogP contribution in [0.2, 0.25) is 0 Å². The van der Waals surface area contributed by atoms with E-state index in [-0.39, 0.29) is 5.91 Å². The predicted molar refractivity (Wildman–Crippen MR) is 75.8 cm³/mol. The zero-order valence-corrected chi connectivity index (χ0v) is 11.1. The van der Waals surface area contributed by atoms with Crippen LogP contribution in [0.5, 0.6) is 0 Å². The second kappa shape index (κ2) is 5.28. The lowest BCUT2D eigenvalue weighted by molar-refractivity contribution is 0.0725. The third-order valence-electron chi connectivity index (χ3n) is 3.37. The van der Waals surface area contributed by atoms with Crippen molar-refractivity contribution in [1.82, 2.24) is 14.9 Å². The van der Waals surface area contributed by atoms with Gasteiger partial charge in [-0.3, -0.25) is 9.78 Å². The van der Waals surface area contributed by atoms with Crippen LogP contribution < -0.4 is 5.73 Å². The lowest BCUT2D eigenvalue weighted by Crippen LogP contribution is -2.33. The molecule has 2 heterocycles. The zero-order valence-electron chi connectivity index (χ0n) is 11.1. The summed E-state index contributed by atoms with van der Waals surface area (Å²) in [6.07, 6.45) is 7.18. The van der Waals surface area contributed by atoms with Gasteiger partial charge in [0.15, 0.2) is 5.69 Å². The number of hydrogen-bond donors (Lipinski definition) is 1. The predicted octanol–water partition coefficient (Wildman–Crippen LogP) is 1.86. The highest BCUT2D eigenvalue weighted by Crippen LogP contribution is 2.30. The molecule has 0 aromatic carbocycles. The molecule has 2 aromatic rings. The molecule has 20 heavy (non-hydrogen) atoms. The second-order valence-corrected chi connectivity index (χ2v) is 4.97. The smallest absolute Gasteiger partial charge is 0.275 e. The first-order chi connectivity index (χ1) is 9.75. The molecule has 2 aromatic heterocycles. The third-order valence-corrected chi connectivity index (χ3v) is 3.37. The molecule has 0 radical (unpaired) electrons. The Labute approximate surface area is 117 Å². The van der Waals surface area contributed by atoms with E-state index in [4.69, 9.17) is 5.73 Å². The highest BCUT2D eigenvalue weighted by Gasteiger charge is 2.34. The number of hydrogen-bond acceptors (Lipinski definition) is 4. The second-order valence-electron chi connectivity index (χ2n) is 4.97. The Hall–Kier alpha value is -2.43. The van der Waals surface area contributed by atoms with Gasteiger partial charge in [0.25, 0.3) is 5.91 Å². The number of nitrogens with two attached hydrogens (primary N) is 1. The van der Waals surface area contributed by atoms with Crippen LogP contribution in [-0.4, -0.2) is 26.8 Å². The molecule has 1 saturated carbocycles. The lowest BCUT2D eigenvalue weighted by Gasteiger charge is -2.22. The number of carbonyl (C=O) groups is 1. The van der Waals surface area contributed by atoms with E-state index < -0.39 is 0 Å². The van der Waals surface area contributed by atoms with Crippen molar-refractivity contribution in [1.29, 1.82) is 0 Å². The molecule has 2 N–H and O–H groups in total. The van der Waals surface area contributed by atoms with Crippen LogP contribution in [-0.2, 0) is 6.54 Å². The van der Waals surface area contributed by atoms with E-state index in [9.17, 15) is 4.79 Å². The van der Waals surface area contributed by atoms with Crippen molar-refractivity contribution < 1.29 is 4.79 Å². The summed E-state index contributed by atoms with van der Waals surface area (Å²) in [7, 11) is 0. The van der Waals surface area contributed by atoms with Crippen LogP contribution in [0, 0.1) is 0 Å². The molecule has 1 aliphatic carbocycles. The van der Waals surface area contributed by atoms with E-state index in [1.54, 1.807) is 30.7 Å². The number of nitrogens with zero attached hydrogens (tertiary/aromatic N) is 3. The van der Waals surface area contributed by atoms with Gasteiger partial charge >= 0.3 is 0 Å². The average molecular weight is 268 g/mol. The van der Waals surface area contributed by atoms with Crippen LogP contribution in [0.15, 0.2) is 42.9 Å². The number of pyridine rings is 2. The Morgan fingerprint density at radius 2 is 2.10 bits per heavy atom. The Balaban J connectivity index is 1.84. The van der Waals surface area contributed by atoms with Gasteiger partial charge in [0, 0.05) is 31.2 Å². The normalized spacial score (nSPS) is 14.0. The van der Waals surface area contributed by atoms with Crippen molar-refractivity contribution in [3.63, 3.8) is 0 Å². The van der Waals surface area contributed by atoms with Crippen LogP contribution >= 0.6 is 0 Å². The molecular formula is C15H16N4O. The molecule has 5 nitrogen and oxygen atoms in total. The SMILES string of the molecule is Nc1cccnc1C(=O)N(Cc1cccnc1)C1CC1. The average Bonchev–Trinajstić information content (AvgIpc) is 3.30. The topological polar surface area (TPSA) is 72.1 Å². The van der Waals surface area contributed by atoms with Crippen molar-refractivity contribution in [2.45, 2.75) is 25.4 Å². The number of amides is 1. The first kappa shape index (κ1) is 12.6. The first-order valence-electron chi connectivity index (χ1n) is 6.66. The Morgan fingerprint density at radius 1 is 1.30 bits per heavy atom. The maximum atomic E-state index is 12.6. The molecule has 0 bridgehead atoms. The molecular weight excluding hydrogens is 252 g/mol. The van der Waals surface area contributed by atoms with Crippen LogP contribution in [0.4, 0.5) is 5.69 Å². The molecule has 0 atom stereocenters. The van der Waals surface area contributed by atoms with E-state index in [1.165, 1.54) is 0 Å². The van der Waals surface area contributed by atoms with Gasteiger partial charge in [-0.05, 0) is 36.6 Å². The van der Waals surface area contributed by atoms with E-state index in [0.717, 1.165) is 18.4 Å². The van der Waals surface area contributed by atoms with Gasteiger partial charge in [0.05, 0.1) is 5.69 Å². The maximum absolute atomic E-state index is 12.6. The molecule has 5 heteroatoms. The van der Waals surface area contributed by atoms with Crippen LogP contribution in [0.3, 0.4) is 0 Å². The summed E-state index contributed by atoms with van der Waals surface area (Å²) in [4.78, 5) is 22.7. The lowest BCUT2D eigenvalue weighted by atomic mass is 10.2. The molecule has 0 saturated heterocycles. The summed E-state index contributed by atoms with van der Waals surface area (Å²) in [5.74, 6) is -0.102. The first-order valence-corrected chi connectivity index (χ1v) is 6.66. The van der Waals surface area contributed by atoms with Crippen LogP contribution in [0.1, 0.15) is 28.9 Å². The number of nitrogen functional groups attached to an aromatic ring is 1. The summed E-state index contributed by atoms with van der Waals surface area (Å²) in [5, 5.41) is 0. The standard InChI is InChI=1S/C15H16N4O/c16-13-4-2-8-18-14(13)15(20)19(12-5-6-12)10-11-3-1-7-17-9-11/h1-4,7-9,12H,5-6,10,16H2. The number of rotatable bonds is 4. The summed E-state index contributed by atoms with van der Waals surface area (Å²) in [6, 6.07) is 7.57. The van der Waals surface area contributed by atoms with Crippen molar-refractivity contribution in [2.75, 3.05) is 5.73 Å². The fourth-order valence-corrected chi connectivity index (χ4v) is 2.17. The molecule has 3 rings (SSSR count). The Morgan fingerprint density at radius 3 is 2.75 bits per heavy atom. The number of aromatic nitrogens is 2. The quantitative estimate of drug-likeness (QED) is 0.918. The molecule has 1 aliphatic rings. The highest BCUT2D eigenvalue weighted by atomic mass is 16.2. The summed E-state index contributed by atoms with van der Waals surface area (Å²) in [6.45, 7) is 0.549. The minimum absolute atomic E-state index is 0.102. The highest BCUT2D eigenvalue weighted by molar-refractivity contribution is 5.97. The monoisotopic (exact) mass is 268 g/mol. The Bertz CT molecular complexity index is 610. The van der Waals surface area contributed by atoms with Crippen molar-refractivity contribution >= 4 is 11.6 Å². The summed E-state index contributed by atoms with van der Waals surface area (Å²) < 4.78 is 0. The van der Waals surface area contributed by atoms with Gasteiger partial charge in [-0.2, -0.15) is 0 Å². The van der Waals surface area contributed by atoms with Crippen molar-refractivity contribution in [3.05, 3.63) is 54.1 Å². The minimum atomic E-state index is -0.102. The van der Waals surface area contributed by atoms with Crippen molar-refractivity contribution in [3.8, 4) is 0 Å². The van der Waals surface area contributed by atoms with E-state index in [2.05, 4.69) is 9.97 Å². The zero-order chi connectivity index (χ0) is 13.9. The molecule has 0 unspecified atom stereocenters. The van der Waals surface area contributed by atoms with E-state index in [0.29, 0.717) is 24.0 Å². The number of carbonyl (C=O) groups excluding carboxylic acids is 1. The van der Waals surface area contributed by atoms with E-state index >= 15 is 0 Å². The van der Waals surface area contributed by atoms with Gasteiger partial charge in [0.2, 0.25) is 0 Å². The molecule has 0 spiro atoms. The fourth-order valence-electron chi connectivity index (χ4n) is 2.17. The Kier molecular flexibility index (Phi) is 3.33. The molecule has 1 amide bonds. The third kappa shape index (κ3) is 2.61. The van der Waals surface area contributed by atoms with Gasteiger partial charge in [-0.15, -0.1) is 0 Å². The fraction of sp³-hybridized carbons (Fsp3) is 0.267. The summed E-state index contributed by atoms with van der Waals surface area (Å²) in [5.41, 5.74) is 7.63. The maximum Gasteiger partial charge on any atom is 0.275 e. The van der Waals surface area contributed by atoms with Crippen LogP contribution in [0.25, 0.3) is 0 Å². The van der Waals surface area contributed by atoms with Gasteiger partial charge in [0.1, 0.15) is 0 Å². The summed E-state index contributed by atoms with van der Waals surface area (Å²) >= 11 is 0. The number of anilines is 1. The van der Waals surface area contributed by atoms with Gasteiger partial charge in [-0.25, -0.2) is 4.98 Å². The van der Waals surface area contributed by atoms with E-state index in [1.807, 2.05) is 17.0 Å². The molecule has 0 aliphatic heterocycles. The van der Waals surface area contributed by atoms with Crippen molar-refractivity contribution in [2.24, 2.45) is 0 Å². The molecule has 102 valence electrons.